The molecule has 2 aliphatic heterocycles. The van der Waals surface area contributed by atoms with Gasteiger partial charge in [0.2, 0.25) is 0 Å². The number of anilines is 5. The van der Waals surface area contributed by atoms with Crippen molar-refractivity contribution < 1.29 is 0 Å². The van der Waals surface area contributed by atoms with Crippen LogP contribution in [0.4, 0.5) is 28.4 Å². The third-order valence-corrected chi connectivity index (χ3v) is 9.75. The first-order valence-corrected chi connectivity index (χ1v) is 16.0. The summed E-state index contributed by atoms with van der Waals surface area (Å²) in [5.74, 6) is 0. The van der Waals surface area contributed by atoms with Crippen molar-refractivity contribution in [2.75, 3.05) is 10.2 Å². The molecule has 1 unspecified atom stereocenters. The Labute approximate surface area is 274 Å². The molecule has 1 N–H and O–H groups in total. The smallest absolute Gasteiger partial charge is 0.0783 e. The SMILES string of the molecule is Clc1ccc2c(c1)C1(c3ccccc3N2)c2ccccc2N(c2ccc(-c3ccccc3)cc2)c2ccc(-c3ccccc3)cc21. The molecule has 2 aliphatic rings. The van der Waals surface area contributed by atoms with E-state index in [1.807, 2.05) is 6.07 Å². The maximum Gasteiger partial charge on any atom is 0.0783 e. The average Bonchev–Trinajstić information content (AvgIpc) is 3.12. The van der Waals surface area contributed by atoms with Gasteiger partial charge in [-0.05, 0) is 99.1 Å². The number of fused-ring (bicyclic) bond motifs is 8. The number of nitrogens with zero attached hydrogens (tertiary/aromatic N) is 1. The maximum absolute atomic E-state index is 6.84. The van der Waals surface area contributed by atoms with Crippen molar-refractivity contribution >= 4 is 40.0 Å². The number of nitrogens with one attached hydrogen (secondary N) is 1. The third-order valence-electron chi connectivity index (χ3n) is 9.52. The minimum atomic E-state index is -0.612. The predicted molar refractivity (Wildman–Crippen MR) is 192 cm³/mol. The Hall–Kier alpha value is -5.57. The molecular formula is C43H29ClN2. The number of hydrogen-bond donors (Lipinski definition) is 1. The van der Waals surface area contributed by atoms with Crippen molar-refractivity contribution in [1.82, 2.24) is 0 Å². The first-order chi connectivity index (χ1) is 22.7. The second-order valence-electron chi connectivity index (χ2n) is 12.0. The van der Waals surface area contributed by atoms with Crippen molar-refractivity contribution in [3.05, 3.63) is 197 Å². The van der Waals surface area contributed by atoms with Crippen LogP contribution in [-0.4, -0.2) is 0 Å². The molecule has 7 aromatic carbocycles. The van der Waals surface area contributed by atoms with Gasteiger partial charge in [-0.3, -0.25) is 0 Å². The van der Waals surface area contributed by atoms with E-state index in [0.29, 0.717) is 0 Å². The first kappa shape index (κ1) is 26.8. The second-order valence-corrected chi connectivity index (χ2v) is 12.4. The van der Waals surface area contributed by atoms with Crippen LogP contribution in [-0.2, 0) is 5.41 Å². The summed E-state index contributed by atoms with van der Waals surface area (Å²) in [5, 5.41) is 4.46. The highest BCUT2D eigenvalue weighted by atomic mass is 35.5. The summed E-state index contributed by atoms with van der Waals surface area (Å²) in [6.07, 6.45) is 0. The minimum Gasteiger partial charge on any atom is -0.355 e. The molecule has 46 heavy (non-hydrogen) atoms. The lowest BCUT2D eigenvalue weighted by atomic mass is 9.60. The monoisotopic (exact) mass is 608 g/mol. The van der Waals surface area contributed by atoms with Crippen LogP contribution < -0.4 is 10.2 Å². The van der Waals surface area contributed by atoms with Crippen LogP contribution >= 0.6 is 11.6 Å². The van der Waals surface area contributed by atoms with Gasteiger partial charge < -0.3 is 10.2 Å². The molecule has 218 valence electrons. The number of hydrogen-bond acceptors (Lipinski definition) is 2. The van der Waals surface area contributed by atoms with E-state index in [1.54, 1.807) is 0 Å². The normalized spacial score (nSPS) is 15.7. The summed E-state index contributed by atoms with van der Waals surface area (Å²) in [4.78, 5) is 2.42. The Balaban J connectivity index is 1.37. The highest BCUT2D eigenvalue weighted by molar-refractivity contribution is 6.30. The van der Waals surface area contributed by atoms with Gasteiger partial charge in [0.05, 0.1) is 16.8 Å². The number of para-hydroxylation sites is 2. The van der Waals surface area contributed by atoms with E-state index in [4.69, 9.17) is 11.6 Å². The van der Waals surface area contributed by atoms with Gasteiger partial charge in [-0.25, -0.2) is 0 Å². The molecule has 0 aliphatic carbocycles. The van der Waals surface area contributed by atoms with Crippen LogP contribution in [0, 0.1) is 0 Å². The predicted octanol–water partition coefficient (Wildman–Crippen LogP) is 11.9. The maximum atomic E-state index is 6.84. The number of halogens is 1. The van der Waals surface area contributed by atoms with E-state index >= 15 is 0 Å². The molecule has 0 saturated heterocycles. The Bertz CT molecular complexity index is 2240. The summed E-state index contributed by atoms with van der Waals surface area (Å²) in [6, 6.07) is 60.9. The number of benzene rings is 7. The van der Waals surface area contributed by atoms with E-state index in [1.165, 1.54) is 38.9 Å². The fraction of sp³-hybridized carbons (Fsp3) is 0.0233. The van der Waals surface area contributed by atoms with Gasteiger partial charge in [0.25, 0.3) is 0 Å². The van der Waals surface area contributed by atoms with Crippen LogP contribution in [0.15, 0.2) is 170 Å². The molecule has 0 saturated carbocycles. The first-order valence-electron chi connectivity index (χ1n) is 15.6. The van der Waals surface area contributed by atoms with Crippen LogP contribution in [0.2, 0.25) is 5.02 Å². The molecule has 0 aromatic heterocycles. The zero-order valence-electron chi connectivity index (χ0n) is 25.0. The van der Waals surface area contributed by atoms with E-state index in [-0.39, 0.29) is 0 Å². The summed E-state index contributed by atoms with van der Waals surface area (Å²) < 4.78 is 0. The van der Waals surface area contributed by atoms with Crippen LogP contribution in [0.1, 0.15) is 22.3 Å². The summed E-state index contributed by atoms with van der Waals surface area (Å²) in [5.41, 5.74) is 14.5. The molecule has 1 atom stereocenters. The molecule has 9 rings (SSSR count). The Morgan fingerprint density at radius 1 is 0.413 bits per heavy atom. The van der Waals surface area contributed by atoms with Gasteiger partial charge in [0.15, 0.2) is 0 Å². The Kier molecular flexibility index (Phi) is 6.12. The third kappa shape index (κ3) is 3.97. The van der Waals surface area contributed by atoms with Crippen molar-refractivity contribution in [3.63, 3.8) is 0 Å². The quantitative estimate of drug-likeness (QED) is 0.215. The fourth-order valence-corrected chi connectivity index (χ4v) is 7.71. The summed E-state index contributed by atoms with van der Waals surface area (Å²) in [7, 11) is 0. The molecule has 7 aromatic rings. The van der Waals surface area contributed by atoms with E-state index in [0.717, 1.165) is 39.0 Å². The second kappa shape index (κ2) is 10.5. The lowest BCUT2D eigenvalue weighted by molar-refractivity contribution is 0.727. The fourth-order valence-electron chi connectivity index (χ4n) is 7.54. The van der Waals surface area contributed by atoms with Gasteiger partial charge >= 0.3 is 0 Å². The Morgan fingerprint density at radius 3 is 1.74 bits per heavy atom. The molecule has 0 amide bonds. The zero-order valence-corrected chi connectivity index (χ0v) is 25.7. The van der Waals surface area contributed by atoms with E-state index in [9.17, 15) is 0 Å². The lowest BCUT2D eigenvalue weighted by Crippen LogP contribution is -2.40. The highest BCUT2D eigenvalue weighted by Crippen LogP contribution is 2.62. The summed E-state index contributed by atoms with van der Waals surface area (Å²) >= 11 is 6.84. The van der Waals surface area contributed by atoms with Gasteiger partial charge in [-0.2, -0.15) is 0 Å². The number of rotatable bonds is 3. The topological polar surface area (TPSA) is 15.3 Å². The Morgan fingerprint density at radius 2 is 0.978 bits per heavy atom. The molecular weight excluding hydrogens is 580 g/mol. The molecule has 2 heterocycles. The molecule has 1 spiro atoms. The molecule has 0 radical (unpaired) electrons. The van der Waals surface area contributed by atoms with Crippen LogP contribution in [0.5, 0.6) is 0 Å². The molecule has 2 nitrogen and oxygen atoms in total. The van der Waals surface area contributed by atoms with Gasteiger partial charge in [-0.15, -0.1) is 0 Å². The van der Waals surface area contributed by atoms with Crippen molar-refractivity contribution in [2.24, 2.45) is 0 Å². The van der Waals surface area contributed by atoms with Crippen molar-refractivity contribution in [1.29, 1.82) is 0 Å². The van der Waals surface area contributed by atoms with Gasteiger partial charge in [0, 0.05) is 22.1 Å². The zero-order chi connectivity index (χ0) is 30.7. The largest absolute Gasteiger partial charge is 0.355 e. The van der Waals surface area contributed by atoms with E-state index < -0.39 is 5.41 Å². The van der Waals surface area contributed by atoms with Gasteiger partial charge in [-0.1, -0.05) is 127 Å². The average molecular weight is 609 g/mol. The molecule has 0 bridgehead atoms. The molecule has 0 fully saturated rings. The van der Waals surface area contributed by atoms with Crippen molar-refractivity contribution in [2.45, 2.75) is 5.41 Å². The minimum absolute atomic E-state index is 0.612. The van der Waals surface area contributed by atoms with E-state index in [2.05, 4.69) is 174 Å². The molecule has 3 heteroatoms. The highest BCUT2D eigenvalue weighted by Gasteiger charge is 2.50. The van der Waals surface area contributed by atoms with Crippen LogP contribution in [0.25, 0.3) is 22.3 Å². The summed E-state index contributed by atoms with van der Waals surface area (Å²) in [6.45, 7) is 0. The lowest BCUT2D eigenvalue weighted by Gasteiger charge is -2.49. The standard InChI is InChI=1S/C43H29ClN2/c44-33-22-25-40-37(28-33)43(35-15-7-9-17-39(35)45-40)36-16-8-10-18-41(36)46(34-23-19-31(20-24-34)29-11-3-1-4-12-29)42-26-21-32(27-38(42)43)30-13-5-2-6-14-30/h1-28,45H. The van der Waals surface area contributed by atoms with Gasteiger partial charge in [0.1, 0.15) is 0 Å². The van der Waals surface area contributed by atoms with Crippen LogP contribution in [0.3, 0.4) is 0 Å². The van der Waals surface area contributed by atoms with Crippen molar-refractivity contribution in [3.8, 4) is 22.3 Å².